The summed E-state index contributed by atoms with van der Waals surface area (Å²) in [6, 6.07) is 10.7. The summed E-state index contributed by atoms with van der Waals surface area (Å²) in [6.45, 7) is 5.59. The van der Waals surface area contributed by atoms with Gasteiger partial charge in [0.1, 0.15) is 17.7 Å². The van der Waals surface area contributed by atoms with Crippen LogP contribution in [-0.4, -0.2) is 48.7 Å². The minimum Gasteiger partial charge on any atom is -0.422 e. The van der Waals surface area contributed by atoms with Crippen LogP contribution in [0, 0.1) is 22.6 Å². The summed E-state index contributed by atoms with van der Waals surface area (Å²) in [5.41, 5.74) is 7.33. The van der Waals surface area contributed by atoms with E-state index in [2.05, 4.69) is 0 Å². The molecular weight excluding hydrogens is 421 g/mol. The summed E-state index contributed by atoms with van der Waals surface area (Å²) in [5.74, 6) is -0.983. The Bertz CT molecular complexity index is 1030. The van der Waals surface area contributed by atoms with Gasteiger partial charge in [0.05, 0.1) is 0 Å². The number of carbonyl (C=O) groups is 1. The third kappa shape index (κ3) is 5.88. The van der Waals surface area contributed by atoms with Gasteiger partial charge in [0, 0.05) is 37.0 Å². The Kier molecular flexibility index (Phi) is 7.68. The number of likely N-dealkylation sites (tertiary alicyclic amines) is 1. The average Bonchev–Trinajstić information content (AvgIpc) is 3.32. The van der Waals surface area contributed by atoms with E-state index in [1.807, 2.05) is 24.8 Å². The molecule has 0 aromatic heterocycles. The van der Waals surface area contributed by atoms with Crippen molar-refractivity contribution in [3.05, 3.63) is 59.4 Å². The lowest BCUT2D eigenvalue weighted by molar-refractivity contribution is -0.136. The van der Waals surface area contributed by atoms with Gasteiger partial charge in [-0.3, -0.25) is 10.8 Å². The van der Waals surface area contributed by atoms with E-state index in [9.17, 15) is 9.18 Å². The fraction of sp³-hybridized carbons (Fsp3) is 0.400. The van der Waals surface area contributed by atoms with Crippen molar-refractivity contribution in [2.45, 2.75) is 39.2 Å². The van der Waals surface area contributed by atoms with Crippen molar-refractivity contribution < 1.29 is 13.9 Å². The summed E-state index contributed by atoms with van der Waals surface area (Å²) in [6.07, 6.45) is 2.56. The Balaban J connectivity index is 1.79. The molecule has 0 saturated carbocycles. The number of hydrogen-bond donors (Lipinski definition) is 3. The number of hydrogen-bond acceptors (Lipinski definition) is 5. The standard InChI is InChI=1S/C25H32FN5O2/c1-16(2)13-21(30(3)19-8-6-7-17(14-19)23(27)28)25(32)33-22-10-9-18(15-20(22)26)24(29)31-11-4-5-12-31/h6-10,14-16,21,29H,4-5,11-13H2,1-3H3,(H3,27,28)/t21-/m1/s1. The van der Waals surface area contributed by atoms with Crippen molar-refractivity contribution in [2.24, 2.45) is 11.7 Å². The molecule has 0 unspecified atom stereocenters. The highest BCUT2D eigenvalue weighted by atomic mass is 19.1. The number of ether oxygens (including phenoxy) is 1. The summed E-state index contributed by atoms with van der Waals surface area (Å²) in [4.78, 5) is 16.8. The van der Waals surface area contributed by atoms with Crippen LogP contribution in [0.1, 0.15) is 44.2 Å². The molecule has 8 heteroatoms. The van der Waals surface area contributed by atoms with Gasteiger partial charge in [-0.2, -0.15) is 0 Å². The molecule has 1 atom stereocenters. The molecule has 1 heterocycles. The van der Waals surface area contributed by atoms with Crippen molar-refractivity contribution in [1.29, 1.82) is 10.8 Å². The van der Waals surface area contributed by atoms with Gasteiger partial charge in [0.25, 0.3) is 0 Å². The van der Waals surface area contributed by atoms with E-state index < -0.39 is 17.8 Å². The zero-order valence-corrected chi connectivity index (χ0v) is 19.4. The number of esters is 1. The first-order valence-corrected chi connectivity index (χ1v) is 11.2. The number of nitrogens with two attached hydrogens (primary N) is 1. The molecule has 1 fully saturated rings. The molecule has 2 aromatic carbocycles. The number of carbonyl (C=O) groups excluding carboxylic acids is 1. The number of amidine groups is 2. The van der Waals surface area contributed by atoms with Gasteiger partial charge in [-0.15, -0.1) is 0 Å². The highest BCUT2D eigenvalue weighted by Gasteiger charge is 2.28. The molecular formula is C25H32FN5O2. The Labute approximate surface area is 194 Å². The number of nitrogens with one attached hydrogen (secondary N) is 2. The van der Waals surface area contributed by atoms with E-state index in [0.29, 0.717) is 23.2 Å². The van der Waals surface area contributed by atoms with Crippen LogP contribution in [-0.2, 0) is 4.79 Å². The molecule has 0 radical (unpaired) electrons. The number of nitrogens with zero attached hydrogens (tertiary/aromatic N) is 2. The minimum absolute atomic E-state index is 0.0603. The third-order valence-electron chi connectivity index (χ3n) is 5.84. The number of anilines is 1. The quantitative estimate of drug-likeness (QED) is 0.243. The maximum Gasteiger partial charge on any atom is 0.334 e. The minimum atomic E-state index is -0.672. The van der Waals surface area contributed by atoms with E-state index in [1.54, 1.807) is 36.2 Å². The first-order chi connectivity index (χ1) is 15.7. The van der Waals surface area contributed by atoms with Crippen LogP contribution in [0.25, 0.3) is 0 Å². The van der Waals surface area contributed by atoms with Crippen LogP contribution in [0.2, 0.25) is 0 Å². The molecule has 4 N–H and O–H groups in total. The molecule has 7 nitrogen and oxygen atoms in total. The highest BCUT2D eigenvalue weighted by molar-refractivity contribution is 5.97. The van der Waals surface area contributed by atoms with Crippen LogP contribution in [0.5, 0.6) is 5.75 Å². The van der Waals surface area contributed by atoms with Gasteiger partial charge in [-0.1, -0.05) is 26.0 Å². The van der Waals surface area contributed by atoms with Gasteiger partial charge in [-0.25, -0.2) is 9.18 Å². The fourth-order valence-corrected chi connectivity index (χ4v) is 3.96. The maximum atomic E-state index is 14.8. The lowest BCUT2D eigenvalue weighted by Crippen LogP contribution is -2.42. The molecule has 176 valence electrons. The number of halogens is 1. The number of likely N-dealkylation sites (N-methyl/N-ethyl adjacent to an activating group) is 1. The van der Waals surface area contributed by atoms with Crippen LogP contribution in [0.3, 0.4) is 0 Å². The SMILES string of the molecule is CC(C)C[C@H](C(=O)Oc1ccc(C(=N)N2CCCC2)cc1F)N(C)c1cccc(C(=N)N)c1. The molecule has 0 aliphatic carbocycles. The predicted molar refractivity (Wildman–Crippen MR) is 129 cm³/mol. The number of benzene rings is 2. The number of nitrogen functional groups attached to an aromatic ring is 1. The van der Waals surface area contributed by atoms with Crippen molar-refractivity contribution in [2.75, 3.05) is 25.0 Å². The third-order valence-corrected chi connectivity index (χ3v) is 5.84. The van der Waals surface area contributed by atoms with Gasteiger partial charge < -0.3 is 20.3 Å². The van der Waals surface area contributed by atoms with Gasteiger partial charge >= 0.3 is 5.97 Å². The molecule has 1 aliphatic heterocycles. The highest BCUT2D eigenvalue weighted by Crippen LogP contribution is 2.25. The topological polar surface area (TPSA) is 107 Å². The summed E-state index contributed by atoms with van der Waals surface area (Å²) in [5, 5.41) is 16.0. The second-order valence-electron chi connectivity index (χ2n) is 8.83. The monoisotopic (exact) mass is 453 g/mol. The molecule has 1 saturated heterocycles. The van der Waals surface area contributed by atoms with Crippen molar-refractivity contribution in [1.82, 2.24) is 4.90 Å². The molecule has 0 bridgehead atoms. The van der Waals surface area contributed by atoms with Crippen LogP contribution >= 0.6 is 0 Å². The average molecular weight is 454 g/mol. The smallest absolute Gasteiger partial charge is 0.334 e. The summed E-state index contributed by atoms with van der Waals surface area (Å²) >= 11 is 0. The van der Waals surface area contributed by atoms with Gasteiger partial charge in [-0.05, 0) is 55.5 Å². The second-order valence-corrected chi connectivity index (χ2v) is 8.83. The van der Waals surface area contributed by atoms with Crippen molar-refractivity contribution in [3.63, 3.8) is 0 Å². The molecule has 0 spiro atoms. The molecule has 2 aromatic rings. The van der Waals surface area contributed by atoms with Crippen molar-refractivity contribution in [3.8, 4) is 5.75 Å². The largest absolute Gasteiger partial charge is 0.422 e. The van der Waals surface area contributed by atoms with E-state index in [4.69, 9.17) is 21.3 Å². The zero-order valence-electron chi connectivity index (χ0n) is 19.4. The van der Waals surface area contributed by atoms with Gasteiger partial charge in [0.15, 0.2) is 11.6 Å². The summed E-state index contributed by atoms with van der Waals surface area (Å²) < 4.78 is 20.3. The Morgan fingerprint density at radius 2 is 1.85 bits per heavy atom. The lowest BCUT2D eigenvalue weighted by atomic mass is 10.0. The maximum absolute atomic E-state index is 14.8. The molecule has 1 aliphatic rings. The molecule has 3 rings (SSSR count). The van der Waals surface area contributed by atoms with Crippen molar-refractivity contribution >= 4 is 23.3 Å². The summed E-state index contributed by atoms with van der Waals surface area (Å²) in [7, 11) is 1.77. The second kappa shape index (κ2) is 10.5. The first kappa shape index (κ1) is 24.2. The van der Waals surface area contributed by atoms with E-state index in [1.165, 1.54) is 12.1 Å². The van der Waals surface area contributed by atoms with Crippen LogP contribution in [0.15, 0.2) is 42.5 Å². The Hall–Kier alpha value is -3.42. The molecule has 33 heavy (non-hydrogen) atoms. The molecule has 0 amide bonds. The normalized spacial score (nSPS) is 14.3. The lowest BCUT2D eigenvalue weighted by Gasteiger charge is -2.30. The first-order valence-electron chi connectivity index (χ1n) is 11.2. The fourth-order valence-electron chi connectivity index (χ4n) is 3.96. The van der Waals surface area contributed by atoms with Gasteiger partial charge in [0.2, 0.25) is 0 Å². The number of rotatable bonds is 8. The zero-order chi connectivity index (χ0) is 24.1. The Morgan fingerprint density at radius 3 is 2.45 bits per heavy atom. The van der Waals surface area contributed by atoms with E-state index in [-0.39, 0.29) is 23.3 Å². The van der Waals surface area contributed by atoms with E-state index in [0.717, 1.165) is 25.9 Å². The van der Waals surface area contributed by atoms with Crippen LogP contribution < -0.4 is 15.4 Å². The predicted octanol–water partition coefficient (Wildman–Crippen LogP) is 3.99. The van der Waals surface area contributed by atoms with E-state index >= 15 is 0 Å². The Morgan fingerprint density at radius 1 is 1.15 bits per heavy atom. The van der Waals surface area contributed by atoms with Crippen LogP contribution in [0.4, 0.5) is 10.1 Å².